The number of nitrogens with one attached hydrogen (secondary N) is 2. The Balaban J connectivity index is 2.03. The van der Waals surface area contributed by atoms with Crippen LogP contribution >= 0.6 is 11.8 Å². The van der Waals surface area contributed by atoms with Crippen LogP contribution in [-0.2, 0) is 4.79 Å². The first kappa shape index (κ1) is 20.4. The molecule has 0 fully saturated rings. The number of anilines is 1. The van der Waals surface area contributed by atoms with Crippen molar-refractivity contribution in [2.75, 3.05) is 11.9 Å². The maximum atomic E-state index is 12.6. The van der Waals surface area contributed by atoms with Gasteiger partial charge in [-0.1, -0.05) is 75.0 Å². The van der Waals surface area contributed by atoms with E-state index in [1.165, 1.54) is 0 Å². The Kier molecular flexibility index (Phi) is 7.17. The quantitative estimate of drug-likeness (QED) is 0.641. The normalized spacial score (nSPS) is 12.8. The van der Waals surface area contributed by atoms with Crippen LogP contribution in [0.3, 0.4) is 0 Å². The van der Waals surface area contributed by atoms with Gasteiger partial charge in [-0.05, 0) is 23.1 Å². The van der Waals surface area contributed by atoms with Crippen LogP contribution in [0.2, 0.25) is 0 Å². The molecule has 0 saturated heterocycles. The molecule has 0 aliphatic carbocycles. The van der Waals surface area contributed by atoms with E-state index in [2.05, 4.69) is 31.4 Å². The highest BCUT2D eigenvalue weighted by atomic mass is 32.2. The molecule has 3 nitrogen and oxygen atoms in total. The van der Waals surface area contributed by atoms with Crippen LogP contribution in [0.5, 0.6) is 0 Å². The molecule has 2 aromatic rings. The van der Waals surface area contributed by atoms with Crippen LogP contribution in [-0.4, -0.2) is 18.2 Å². The molecule has 1 atom stereocenters. The highest BCUT2D eigenvalue weighted by molar-refractivity contribution is 7.99. The Morgan fingerprint density at radius 2 is 1.65 bits per heavy atom. The van der Waals surface area contributed by atoms with Crippen molar-refractivity contribution in [1.82, 2.24) is 5.32 Å². The smallest absolute Gasteiger partial charge is 0.288 e. The van der Waals surface area contributed by atoms with E-state index in [4.69, 9.17) is 0 Å². The number of alkyl halides is 2. The molecule has 0 aliphatic rings. The minimum atomic E-state index is -2.53. The van der Waals surface area contributed by atoms with Crippen molar-refractivity contribution >= 4 is 23.4 Å². The number of amides is 1. The van der Waals surface area contributed by atoms with Crippen molar-refractivity contribution < 1.29 is 13.6 Å². The summed E-state index contributed by atoms with van der Waals surface area (Å²) >= 11 is 0.424. The average Bonchev–Trinajstić information content (AvgIpc) is 2.56. The summed E-state index contributed by atoms with van der Waals surface area (Å²) in [7, 11) is 0. The van der Waals surface area contributed by atoms with Gasteiger partial charge in [-0.2, -0.15) is 8.78 Å². The predicted molar refractivity (Wildman–Crippen MR) is 104 cm³/mol. The lowest BCUT2D eigenvalue weighted by Gasteiger charge is -2.32. The van der Waals surface area contributed by atoms with Gasteiger partial charge in [0.1, 0.15) is 0 Å². The minimum absolute atomic E-state index is 0.0138. The van der Waals surface area contributed by atoms with Gasteiger partial charge in [0.15, 0.2) is 0 Å². The monoisotopic (exact) mass is 378 g/mol. The Labute approximate surface area is 157 Å². The van der Waals surface area contributed by atoms with Gasteiger partial charge in [-0.3, -0.25) is 4.79 Å². The predicted octanol–water partition coefficient (Wildman–Crippen LogP) is 5.32. The highest BCUT2D eigenvalue weighted by Crippen LogP contribution is 2.33. The van der Waals surface area contributed by atoms with Gasteiger partial charge in [0.05, 0.1) is 12.2 Å². The van der Waals surface area contributed by atoms with Gasteiger partial charge >= 0.3 is 0 Å². The molecular formula is C20H24F2N2OS. The van der Waals surface area contributed by atoms with Crippen molar-refractivity contribution in [3.05, 3.63) is 60.2 Å². The van der Waals surface area contributed by atoms with Crippen molar-refractivity contribution in [1.29, 1.82) is 0 Å². The first-order chi connectivity index (χ1) is 12.3. The van der Waals surface area contributed by atoms with Gasteiger partial charge in [-0.15, -0.1) is 0 Å². The Bertz CT molecular complexity index is 717. The molecule has 0 bridgehead atoms. The molecule has 26 heavy (non-hydrogen) atoms. The molecule has 0 saturated carbocycles. The van der Waals surface area contributed by atoms with E-state index < -0.39 is 5.76 Å². The molecular weight excluding hydrogens is 354 g/mol. The Hall–Kier alpha value is -1.92. The van der Waals surface area contributed by atoms with Crippen LogP contribution in [0.25, 0.3) is 0 Å². The molecule has 2 rings (SSSR count). The second kappa shape index (κ2) is 9.14. The zero-order valence-electron chi connectivity index (χ0n) is 15.1. The first-order valence-electron chi connectivity index (χ1n) is 8.39. The summed E-state index contributed by atoms with van der Waals surface area (Å²) < 4.78 is 25.3. The SMILES string of the molecule is CC(C)(C)C(NCC(=O)Nc1ccccc1SC(F)F)c1ccccc1. The molecule has 1 amide bonds. The number of hydrogen-bond donors (Lipinski definition) is 2. The van der Waals surface area contributed by atoms with E-state index in [1.54, 1.807) is 24.3 Å². The third-order valence-corrected chi connectivity index (χ3v) is 4.63. The Morgan fingerprint density at radius 3 is 2.27 bits per heavy atom. The number of carbonyl (C=O) groups is 1. The lowest BCUT2D eigenvalue weighted by molar-refractivity contribution is -0.115. The molecule has 0 radical (unpaired) electrons. The topological polar surface area (TPSA) is 41.1 Å². The van der Waals surface area contributed by atoms with Crippen LogP contribution in [0, 0.1) is 5.41 Å². The molecule has 2 N–H and O–H groups in total. The highest BCUT2D eigenvalue weighted by Gasteiger charge is 2.26. The number of benzene rings is 2. The summed E-state index contributed by atoms with van der Waals surface area (Å²) in [4.78, 5) is 12.7. The zero-order chi connectivity index (χ0) is 19.2. The number of hydrogen-bond acceptors (Lipinski definition) is 3. The molecule has 140 valence electrons. The fourth-order valence-electron chi connectivity index (χ4n) is 2.73. The van der Waals surface area contributed by atoms with Crippen LogP contribution in [0.1, 0.15) is 32.4 Å². The zero-order valence-corrected chi connectivity index (χ0v) is 15.9. The van der Waals surface area contributed by atoms with Crippen LogP contribution < -0.4 is 10.6 Å². The molecule has 6 heteroatoms. The number of para-hydroxylation sites is 1. The fraction of sp³-hybridized carbons (Fsp3) is 0.350. The van der Waals surface area contributed by atoms with E-state index in [9.17, 15) is 13.6 Å². The molecule has 0 aliphatic heterocycles. The van der Waals surface area contributed by atoms with Crippen molar-refractivity contribution in [3.8, 4) is 0 Å². The van der Waals surface area contributed by atoms with Gasteiger partial charge in [-0.25, -0.2) is 0 Å². The van der Waals surface area contributed by atoms with E-state index >= 15 is 0 Å². The second-order valence-electron chi connectivity index (χ2n) is 7.01. The summed E-state index contributed by atoms with van der Waals surface area (Å²) in [5.74, 6) is -2.80. The molecule has 0 aromatic heterocycles. The fourth-order valence-corrected chi connectivity index (χ4v) is 3.32. The standard InChI is InChI=1S/C20H24F2N2OS/c1-20(2,3)18(14-9-5-4-6-10-14)23-13-17(25)24-15-11-7-8-12-16(15)26-19(21)22/h4-12,18-19,23H,13H2,1-3H3,(H,24,25). The maximum Gasteiger partial charge on any atom is 0.288 e. The molecule has 0 heterocycles. The summed E-state index contributed by atoms with van der Waals surface area (Å²) in [6.45, 7) is 6.39. The number of thioether (sulfide) groups is 1. The first-order valence-corrected chi connectivity index (χ1v) is 9.27. The summed E-state index contributed by atoms with van der Waals surface area (Å²) in [6.07, 6.45) is 0. The Morgan fingerprint density at radius 1 is 1.04 bits per heavy atom. The van der Waals surface area contributed by atoms with Crippen molar-refractivity contribution in [2.45, 2.75) is 37.5 Å². The number of halogens is 2. The molecule has 2 aromatic carbocycles. The van der Waals surface area contributed by atoms with Crippen molar-refractivity contribution in [2.24, 2.45) is 5.41 Å². The lowest BCUT2D eigenvalue weighted by atomic mass is 9.82. The number of carbonyl (C=O) groups excluding carboxylic acids is 1. The van der Waals surface area contributed by atoms with Crippen LogP contribution in [0.15, 0.2) is 59.5 Å². The van der Waals surface area contributed by atoms with E-state index in [0.29, 0.717) is 22.3 Å². The van der Waals surface area contributed by atoms with E-state index in [0.717, 1.165) is 5.56 Å². The summed E-state index contributed by atoms with van der Waals surface area (Å²) in [5.41, 5.74) is 1.41. The third kappa shape index (κ3) is 6.11. The van der Waals surface area contributed by atoms with Gasteiger partial charge in [0, 0.05) is 10.9 Å². The van der Waals surface area contributed by atoms with E-state index in [1.807, 2.05) is 30.3 Å². The minimum Gasteiger partial charge on any atom is -0.324 e. The third-order valence-electron chi connectivity index (χ3n) is 3.84. The van der Waals surface area contributed by atoms with Gasteiger partial charge < -0.3 is 10.6 Å². The largest absolute Gasteiger partial charge is 0.324 e. The lowest BCUT2D eigenvalue weighted by Crippen LogP contribution is -2.37. The molecule has 0 spiro atoms. The van der Waals surface area contributed by atoms with Crippen molar-refractivity contribution in [3.63, 3.8) is 0 Å². The average molecular weight is 378 g/mol. The van der Waals surface area contributed by atoms with E-state index in [-0.39, 0.29) is 23.9 Å². The molecule has 1 unspecified atom stereocenters. The van der Waals surface area contributed by atoms with Crippen LogP contribution in [0.4, 0.5) is 14.5 Å². The van der Waals surface area contributed by atoms with Gasteiger partial charge in [0.25, 0.3) is 5.76 Å². The maximum absolute atomic E-state index is 12.6. The summed E-state index contributed by atoms with van der Waals surface area (Å²) in [5, 5.41) is 6.01. The second-order valence-corrected chi connectivity index (χ2v) is 8.05. The summed E-state index contributed by atoms with van der Waals surface area (Å²) in [6, 6.07) is 16.5. The number of rotatable bonds is 7. The van der Waals surface area contributed by atoms with Gasteiger partial charge in [0.2, 0.25) is 5.91 Å².